The monoisotopic (exact) mass is 476 g/mol. The van der Waals surface area contributed by atoms with Crippen LogP contribution in [-0.4, -0.2) is 20.4 Å². The molecule has 4 heterocycles. The van der Waals surface area contributed by atoms with Gasteiger partial charge in [0.2, 0.25) is 0 Å². The van der Waals surface area contributed by atoms with Crippen LogP contribution in [0.3, 0.4) is 0 Å². The second kappa shape index (κ2) is 9.49. The van der Waals surface area contributed by atoms with Crippen molar-refractivity contribution in [1.29, 1.82) is 0 Å². The maximum Gasteiger partial charge on any atom is 0.266 e. The van der Waals surface area contributed by atoms with Gasteiger partial charge in [-0.25, -0.2) is 4.98 Å². The van der Waals surface area contributed by atoms with E-state index in [4.69, 9.17) is 4.98 Å². The molecule has 0 fully saturated rings. The summed E-state index contributed by atoms with van der Waals surface area (Å²) in [7, 11) is 0. The maximum atomic E-state index is 13.1. The number of amides is 1. The molecule has 1 amide bonds. The van der Waals surface area contributed by atoms with Gasteiger partial charge in [0.05, 0.1) is 10.3 Å². The van der Waals surface area contributed by atoms with Crippen LogP contribution in [0.1, 0.15) is 45.9 Å². The fraction of sp³-hybridized carbons (Fsp3) is 0.280. The molecule has 1 N–H and O–H groups in total. The van der Waals surface area contributed by atoms with Crippen LogP contribution in [0, 0.1) is 6.92 Å². The molecule has 33 heavy (non-hydrogen) atoms. The highest BCUT2D eigenvalue weighted by Crippen LogP contribution is 2.30. The van der Waals surface area contributed by atoms with Gasteiger partial charge in [-0.3, -0.25) is 19.1 Å². The Morgan fingerprint density at radius 2 is 2.03 bits per heavy atom. The van der Waals surface area contributed by atoms with Crippen molar-refractivity contribution in [2.75, 3.05) is 5.32 Å². The number of benzene rings is 1. The highest BCUT2D eigenvalue weighted by molar-refractivity contribution is 7.98. The lowest BCUT2D eigenvalue weighted by Crippen LogP contribution is -2.24. The molecule has 0 radical (unpaired) electrons. The first-order chi connectivity index (χ1) is 16.1. The molecule has 1 aliphatic heterocycles. The number of anilines is 1. The van der Waals surface area contributed by atoms with E-state index >= 15 is 0 Å². The zero-order chi connectivity index (χ0) is 22.8. The van der Waals surface area contributed by atoms with Crippen molar-refractivity contribution in [2.45, 2.75) is 49.8 Å². The van der Waals surface area contributed by atoms with Crippen molar-refractivity contribution in [1.82, 2.24) is 14.5 Å². The predicted molar refractivity (Wildman–Crippen MR) is 134 cm³/mol. The van der Waals surface area contributed by atoms with Gasteiger partial charge in [0.15, 0.2) is 0 Å². The maximum absolute atomic E-state index is 13.1. The number of aromatic nitrogens is 3. The summed E-state index contributed by atoms with van der Waals surface area (Å²) in [6, 6.07) is 11.8. The Labute approximate surface area is 200 Å². The minimum atomic E-state index is -0.203. The molecule has 6 nitrogen and oxygen atoms in total. The molecule has 0 saturated carbocycles. The van der Waals surface area contributed by atoms with Crippen molar-refractivity contribution in [3.05, 3.63) is 81.0 Å². The van der Waals surface area contributed by atoms with Crippen molar-refractivity contribution in [2.24, 2.45) is 0 Å². The molecule has 0 spiro atoms. The average molecular weight is 477 g/mol. The van der Waals surface area contributed by atoms with E-state index in [0.717, 1.165) is 47.8 Å². The van der Waals surface area contributed by atoms with E-state index in [9.17, 15) is 9.59 Å². The summed E-state index contributed by atoms with van der Waals surface area (Å²) < 4.78 is 1.80. The normalized spacial score (nSPS) is 13.5. The number of carbonyl (C=O) groups excluding carboxylic acids is 1. The minimum Gasteiger partial charge on any atom is -0.321 e. The second-order valence-electron chi connectivity index (χ2n) is 8.16. The van der Waals surface area contributed by atoms with E-state index in [-0.39, 0.29) is 11.5 Å². The van der Waals surface area contributed by atoms with Crippen molar-refractivity contribution >= 4 is 44.9 Å². The summed E-state index contributed by atoms with van der Waals surface area (Å²) >= 11 is 3.03. The van der Waals surface area contributed by atoms with Crippen molar-refractivity contribution in [3.8, 4) is 0 Å². The molecule has 0 aliphatic carbocycles. The standard InChI is InChI=1S/C25H24N4O2S2/c1-16-21-24(28-20-7-3-2-4-13-29(20)25(21)31)33-22(16)23(30)27-18-8-10-19(11-9-18)32-15-17-6-5-12-26-14-17/h5-6,8-12,14H,2-4,7,13,15H2,1H3,(H,27,30). The lowest BCUT2D eigenvalue weighted by atomic mass is 10.2. The molecule has 5 rings (SSSR count). The quantitative estimate of drug-likeness (QED) is 0.389. The molecule has 0 saturated heterocycles. The number of nitrogens with zero attached hydrogens (tertiary/aromatic N) is 3. The number of carbonyl (C=O) groups is 1. The van der Waals surface area contributed by atoms with Gasteiger partial charge in [-0.1, -0.05) is 12.5 Å². The largest absolute Gasteiger partial charge is 0.321 e. The van der Waals surface area contributed by atoms with E-state index in [1.807, 2.05) is 43.5 Å². The third-order valence-corrected chi connectivity index (χ3v) is 8.13. The molecular formula is C25H24N4O2S2. The SMILES string of the molecule is Cc1c(C(=O)Nc2ccc(SCc3cccnc3)cc2)sc2nc3n(c(=O)c12)CCCCC3. The van der Waals surface area contributed by atoms with E-state index in [2.05, 4.69) is 16.4 Å². The fourth-order valence-electron chi connectivity index (χ4n) is 4.10. The lowest BCUT2D eigenvalue weighted by molar-refractivity contribution is 0.103. The van der Waals surface area contributed by atoms with Gasteiger partial charge in [-0.15, -0.1) is 23.1 Å². The Balaban J connectivity index is 1.33. The smallest absolute Gasteiger partial charge is 0.266 e. The Bertz CT molecular complexity index is 1360. The third kappa shape index (κ3) is 4.58. The Morgan fingerprint density at radius 1 is 1.18 bits per heavy atom. The highest BCUT2D eigenvalue weighted by atomic mass is 32.2. The summed E-state index contributed by atoms with van der Waals surface area (Å²) in [6.07, 6.45) is 7.61. The first-order valence-electron chi connectivity index (χ1n) is 11.1. The molecule has 4 aromatic rings. The van der Waals surface area contributed by atoms with Crippen molar-refractivity contribution < 1.29 is 4.79 Å². The van der Waals surface area contributed by atoms with Gasteiger partial charge in [0.1, 0.15) is 10.7 Å². The number of hydrogen-bond acceptors (Lipinski definition) is 6. The summed E-state index contributed by atoms with van der Waals surface area (Å²) in [4.78, 5) is 37.4. The molecule has 168 valence electrons. The molecule has 8 heteroatoms. The number of nitrogens with one attached hydrogen (secondary N) is 1. The number of rotatable bonds is 5. The number of thiophene rings is 1. The first kappa shape index (κ1) is 21.9. The number of aryl methyl sites for hydroxylation is 2. The van der Waals surface area contributed by atoms with E-state index in [0.29, 0.717) is 27.2 Å². The summed E-state index contributed by atoms with van der Waals surface area (Å²) in [6.45, 7) is 2.55. The third-order valence-electron chi connectivity index (χ3n) is 5.86. The highest BCUT2D eigenvalue weighted by Gasteiger charge is 2.22. The minimum absolute atomic E-state index is 0.0142. The van der Waals surface area contributed by atoms with Crippen LogP contribution < -0.4 is 10.9 Å². The average Bonchev–Trinajstić information content (AvgIpc) is 3.00. The van der Waals surface area contributed by atoms with Crippen LogP contribution in [0.4, 0.5) is 5.69 Å². The summed E-state index contributed by atoms with van der Waals surface area (Å²) in [5.41, 5.74) is 2.60. The van der Waals surface area contributed by atoms with Gasteiger partial charge >= 0.3 is 0 Å². The number of pyridine rings is 1. The lowest BCUT2D eigenvalue weighted by Gasteiger charge is -2.08. The van der Waals surface area contributed by atoms with Gasteiger partial charge in [0, 0.05) is 41.7 Å². The van der Waals surface area contributed by atoms with E-state index in [1.54, 1.807) is 22.5 Å². The van der Waals surface area contributed by atoms with Gasteiger partial charge < -0.3 is 5.32 Å². The molecule has 0 bridgehead atoms. The van der Waals surface area contributed by atoms with Crippen LogP contribution in [-0.2, 0) is 18.7 Å². The van der Waals surface area contributed by atoms with E-state index < -0.39 is 0 Å². The van der Waals surface area contributed by atoms with Gasteiger partial charge in [-0.05, 0) is 61.2 Å². The molecule has 3 aromatic heterocycles. The predicted octanol–water partition coefficient (Wildman–Crippen LogP) is 5.43. The number of hydrogen-bond donors (Lipinski definition) is 1. The molecule has 1 aliphatic rings. The van der Waals surface area contributed by atoms with E-state index in [1.165, 1.54) is 16.9 Å². The molecule has 0 atom stereocenters. The fourth-order valence-corrected chi connectivity index (χ4v) is 6.02. The van der Waals surface area contributed by atoms with Gasteiger partial charge in [-0.2, -0.15) is 0 Å². The summed E-state index contributed by atoms with van der Waals surface area (Å²) in [5, 5.41) is 3.56. The topological polar surface area (TPSA) is 76.9 Å². The summed E-state index contributed by atoms with van der Waals surface area (Å²) in [5.74, 6) is 1.48. The van der Waals surface area contributed by atoms with Crippen LogP contribution in [0.15, 0.2) is 58.5 Å². The molecule has 1 aromatic carbocycles. The first-order valence-corrected chi connectivity index (χ1v) is 12.9. The van der Waals surface area contributed by atoms with Crippen molar-refractivity contribution in [3.63, 3.8) is 0 Å². The Hall–Kier alpha value is -2.97. The molecular weight excluding hydrogens is 452 g/mol. The Kier molecular flexibility index (Phi) is 6.28. The number of fused-ring (bicyclic) bond motifs is 2. The van der Waals surface area contributed by atoms with Crippen LogP contribution >= 0.6 is 23.1 Å². The zero-order valence-electron chi connectivity index (χ0n) is 18.3. The van der Waals surface area contributed by atoms with Gasteiger partial charge in [0.25, 0.3) is 11.5 Å². The second-order valence-corrected chi connectivity index (χ2v) is 10.2. The molecule has 0 unspecified atom stereocenters. The zero-order valence-corrected chi connectivity index (χ0v) is 20.0. The van der Waals surface area contributed by atoms with Crippen LogP contribution in [0.25, 0.3) is 10.2 Å². The van der Waals surface area contributed by atoms with Crippen LogP contribution in [0.5, 0.6) is 0 Å². The number of thioether (sulfide) groups is 1. The Morgan fingerprint density at radius 3 is 2.82 bits per heavy atom. The van der Waals surface area contributed by atoms with Crippen LogP contribution in [0.2, 0.25) is 0 Å².